The minimum absolute atomic E-state index is 0.230. The van der Waals surface area contributed by atoms with Gasteiger partial charge in [0.05, 0.1) is 24.3 Å². The molecule has 3 aromatic rings. The lowest BCUT2D eigenvalue weighted by molar-refractivity contribution is 0.0526. The van der Waals surface area contributed by atoms with Gasteiger partial charge in [-0.3, -0.25) is 0 Å². The molecule has 1 N–H and O–H groups in total. The summed E-state index contributed by atoms with van der Waals surface area (Å²) in [5, 5.41) is 3.37. The Balaban J connectivity index is 2.22. The molecule has 0 amide bonds. The molecule has 0 spiro atoms. The second-order valence-electron chi connectivity index (χ2n) is 7.01. The van der Waals surface area contributed by atoms with Crippen molar-refractivity contribution >= 4 is 17.6 Å². The highest BCUT2D eigenvalue weighted by Crippen LogP contribution is 2.36. The van der Waals surface area contributed by atoms with Crippen molar-refractivity contribution in [2.24, 2.45) is 0 Å². The fraction of sp³-hybridized carbons (Fsp3) is 0.231. The van der Waals surface area contributed by atoms with Gasteiger partial charge >= 0.3 is 11.9 Å². The third-order valence-electron chi connectivity index (χ3n) is 4.87. The minimum Gasteiger partial charge on any atom is -0.462 e. The summed E-state index contributed by atoms with van der Waals surface area (Å²) in [4.78, 5) is 26.0. The maximum Gasteiger partial charge on any atom is 0.340 e. The summed E-state index contributed by atoms with van der Waals surface area (Å²) in [6, 6.07) is 21.1. The first-order valence-corrected chi connectivity index (χ1v) is 10.4. The number of nitrogens with one attached hydrogen (secondary N) is 1. The standard InChI is InChI=1S/C26H27NO4/c1-4-30-25(28)22-18(3)16-21(27-17-19-12-8-6-9-13-19)24(26(29)31-5-2)23(22)20-14-10-7-11-15-20/h6-16,27H,4-5,17H2,1-3H3. The molecule has 5 nitrogen and oxygen atoms in total. The number of carbonyl (C=O) groups is 2. The van der Waals surface area contributed by atoms with E-state index in [0.717, 1.165) is 16.7 Å². The van der Waals surface area contributed by atoms with Crippen LogP contribution in [0.15, 0.2) is 66.7 Å². The Morgan fingerprint density at radius 3 is 1.94 bits per heavy atom. The quantitative estimate of drug-likeness (QED) is 0.482. The van der Waals surface area contributed by atoms with E-state index in [1.165, 1.54) is 0 Å². The molecule has 0 heterocycles. The molecule has 0 saturated carbocycles. The van der Waals surface area contributed by atoms with E-state index < -0.39 is 11.9 Å². The van der Waals surface area contributed by atoms with Crippen molar-refractivity contribution in [2.45, 2.75) is 27.3 Å². The van der Waals surface area contributed by atoms with Crippen LogP contribution in [0.25, 0.3) is 11.1 Å². The second kappa shape index (κ2) is 10.4. The topological polar surface area (TPSA) is 64.6 Å². The molecule has 0 radical (unpaired) electrons. The first-order chi connectivity index (χ1) is 15.1. The van der Waals surface area contributed by atoms with Crippen LogP contribution < -0.4 is 5.32 Å². The summed E-state index contributed by atoms with van der Waals surface area (Å²) >= 11 is 0. The van der Waals surface area contributed by atoms with Crippen LogP contribution in [0.3, 0.4) is 0 Å². The monoisotopic (exact) mass is 417 g/mol. The van der Waals surface area contributed by atoms with Crippen LogP contribution in [0, 0.1) is 6.92 Å². The number of rotatable bonds is 8. The zero-order valence-electron chi connectivity index (χ0n) is 18.1. The highest BCUT2D eigenvalue weighted by molar-refractivity contribution is 6.10. The second-order valence-corrected chi connectivity index (χ2v) is 7.01. The molecule has 0 aromatic heterocycles. The van der Waals surface area contributed by atoms with Crippen molar-refractivity contribution in [1.29, 1.82) is 0 Å². The lowest BCUT2D eigenvalue weighted by Crippen LogP contribution is -2.17. The molecule has 3 aromatic carbocycles. The Hall–Kier alpha value is -3.60. The zero-order valence-corrected chi connectivity index (χ0v) is 18.1. The van der Waals surface area contributed by atoms with Crippen molar-refractivity contribution in [3.8, 4) is 11.1 Å². The van der Waals surface area contributed by atoms with Gasteiger partial charge in [0.25, 0.3) is 0 Å². The smallest absolute Gasteiger partial charge is 0.340 e. The van der Waals surface area contributed by atoms with Crippen molar-refractivity contribution in [3.63, 3.8) is 0 Å². The van der Waals surface area contributed by atoms with E-state index in [-0.39, 0.29) is 13.2 Å². The average Bonchev–Trinajstić information content (AvgIpc) is 2.78. The molecule has 0 atom stereocenters. The van der Waals surface area contributed by atoms with Crippen LogP contribution in [0.4, 0.5) is 5.69 Å². The molecule has 0 fully saturated rings. The van der Waals surface area contributed by atoms with Gasteiger partial charge in [0, 0.05) is 17.8 Å². The van der Waals surface area contributed by atoms with Gasteiger partial charge in [-0.25, -0.2) is 9.59 Å². The SMILES string of the molecule is CCOC(=O)c1c(C)cc(NCc2ccccc2)c(C(=O)OCC)c1-c1ccccc1. The van der Waals surface area contributed by atoms with E-state index in [0.29, 0.717) is 28.9 Å². The number of carbonyl (C=O) groups excluding carboxylic acids is 2. The van der Waals surface area contributed by atoms with Gasteiger partial charge in [-0.2, -0.15) is 0 Å². The summed E-state index contributed by atoms with van der Waals surface area (Å²) in [7, 11) is 0. The fourth-order valence-corrected chi connectivity index (χ4v) is 3.53. The maximum absolute atomic E-state index is 13.1. The number of esters is 2. The first-order valence-electron chi connectivity index (χ1n) is 10.4. The molecule has 3 rings (SSSR count). The Labute approximate surface area is 183 Å². The van der Waals surface area contributed by atoms with Crippen LogP contribution in [0.5, 0.6) is 0 Å². The van der Waals surface area contributed by atoms with E-state index in [9.17, 15) is 9.59 Å². The van der Waals surface area contributed by atoms with Gasteiger partial charge < -0.3 is 14.8 Å². The number of hydrogen-bond acceptors (Lipinski definition) is 5. The van der Waals surface area contributed by atoms with Crippen molar-refractivity contribution < 1.29 is 19.1 Å². The van der Waals surface area contributed by atoms with E-state index >= 15 is 0 Å². The van der Waals surface area contributed by atoms with Crippen LogP contribution in [-0.2, 0) is 16.0 Å². The third kappa shape index (κ3) is 5.12. The Morgan fingerprint density at radius 2 is 1.35 bits per heavy atom. The van der Waals surface area contributed by atoms with Crippen LogP contribution in [-0.4, -0.2) is 25.2 Å². The molecule has 0 bridgehead atoms. The zero-order chi connectivity index (χ0) is 22.2. The molecular weight excluding hydrogens is 390 g/mol. The minimum atomic E-state index is -0.484. The predicted octanol–water partition coefficient (Wildman–Crippen LogP) is 5.63. The van der Waals surface area contributed by atoms with E-state index in [2.05, 4.69) is 5.32 Å². The van der Waals surface area contributed by atoms with Crippen molar-refractivity contribution in [1.82, 2.24) is 0 Å². The molecule has 0 aliphatic rings. The molecular formula is C26H27NO4. The van der Waals surface area contributed by atoms with Crippen molar-refractivity contribution in [2.75, 3.05) is 18.5 Å². The Bertz CT molecular complexity index is 1050. The lowest BCUT2D eigenvalue weighted by Gasteiger charge is -2.21. The predicted molar refractivity (Wildman–Crippen MR) is 122 cm³/mol. The number of ether oxygens (including phenoxy) is 2. The van der Waals surface area contributed by atoms with Crippen molar-refractivity contribution in [3.05, 3.63) is 89.0 Å². The number of aryl methyl sites for hydroxylation is 1. The fourth-order valence-electron chi connectivity index (χ4n) is 3.53. The number of hydrogen-bond donors (Lipinski definition) is 1. The maximum atomic E-state index is 13.1. The Morgan fingerprint density at radius 1 is 0.806 bits per heavy atom. The molecule has 0 saturated heterocycles. The normalized spacial score (nSPS) is 10.4. The summed E-state index contributed by atoms with van der Waals surface area (Å²) < 4.78 is 10.7. The van der Waals surface area contributed by atoms with Crippen LogP contribution >= 0.6 is 0 Å². The van der Waals surface area contributed by atoms with Gasteiger partial charge in [0.15, 0.2) is 0 Å². The summed E-state index contributed by atoms with van der Waals surface area (Å²) in [5.74, 6) is -0.943. The molecule has 31 heavy (non-hydrogen) atoms. The summed E-state index contributed by atoms with van der Waals surface area (Å²) in [6.45, 7) is 6.37. The highest BCUT2D eigenvalue weighted by atomic mass is 16.5. The van der Waals surface area contributed by atoms with Gasteiger partial charge in [-0.05, 0) is 43.5 Å². The molecule has 5 heteroatoms. The third-order valence-corrected chi connectivity index (χ3v) is 4.87. The Kier molecular flexibility index (Phi) is 7.44. The van der Waals surface area contributed by atoms with Crippen LogP contribution in [0.1, 0.15) is 45.7 Å². The molecule has 0 aliphatic heterocycles. The molecule has 0 unspecified atom stereocenters. The number of benzene rings is 3. The van der Waals surface area contributed by atoms with E-state index in [1.807, 2.05) is 73.7 Å². The molecule has 0 aliphatic carbocycles. The lowest BCUT2D eigenvalue weighted by atomic mass is 9.89. The van der Waals surface area contributed by atoms with Crippen LogP contribution in [0.2, 0.25) is 0 Å². The molecule has 160 valence electrons. The average molecular weight is 418 g/mol. The highest BCUT2D eigenvalue weighted by Gasteiger charge is 2.27. The summed E-state index contributed by atoms with van der Waals surface area (Å²) in [5.41, 5.74) is 4.39. The van der Waals surface area contributed by atoms with Gasteiger partial charge in [0.2, 0.25) is 0 Å². The first kappa shape index (κ1) is 22.1. The van der Waals surface area contributed by atoms with Gasteiger partial charge in [0.1, 0.15) is 0 Å². The van der Waals surface area contributed by atoms with E-state index in [1.54, 1.807) is 13.8 Å². The van der Waals surface area contributed by atoms with E-state index in [4.69, 9.17) is 9.47 Å². The summed E-state index contributed by atoms with van der Waals surface area (Å²) in [6.07, 6.45) is 0. The van der Waals surface area contributed by atoms with Gasteiger partial charge in [-0.15, -0.1) is 0 Å². The number of anilines is 1. The largest absolute Gasteiger partial charge is 0.462 e. The van der Waals surface area contributed by atoms with Gasteiger partial charge in [-0.1, -0.05) is 60.7 Å².